The van der Waals surface area contributed by atoms with Crippen LogP contribution in [0.4, 0.5) is 5.13 Å². The Kier molecular flexibility index (Phi) is 3.97. The van der Waals surface area contributed by atoms with E-state index in [1.54, 1.807) is 0 Å². The number of carbonyl (C=O) groups is 2. The number of likely N-dealkylation sites (N-methyl/N-ethyl adjacent to an activating group) is 1. The molecule has 1 aliphatic rings. The first-order valence-electron chi connectivity index (χ1n) is 6.75. The van der Waals surface area contributed by atoms with Crippen molar-refractivity contribution in [3.05, 3.63) is 46.6 Å². The minimum Gasteiger partial charge on any atom is -0.505 e. The second-order valence-electron chi connectivity index (χ2n) is 4.95. The van der Waals surface area contributed by atoms with Gasteiger partial charge in [-0.05, 0) is 12.1 Å². The number of aliphatic hydroxyl groups excluding tert-OH is 1. The van der Waals surface area contributed by atoms with Crippen molar-refractivity contribution < 1.29 is 28.2 Å². The van der Waals surface area contributed by atoms with Crippen LogP contribution in [0.25, 0.3) is 5.76 Å². The van der Waals surface area contributed by atoms with Crippen LogP contribution in [0.1, 0.15) is 15.2 Å². The zero-order valence-corrected chi connectivity index (χ0v) is 14.3. The lowest BCUT2D eigenvalue weighted by atomic mass is 10.1. The van der Waals surface area contributed by atoms with Gasteiger partial charge in [0, 0.05) is 12.6 Å². The molecule has 1 amide bonds. The number of carboxylic acids is 1. The number of carbonyl (C=O) groups excluding carboxylic acids is 1. The normalized spacial score (nSPS) is 15.6. The second kappa shape index (κ2) is 5.86. The summed E-state index contributed by atoms with van der Waals surface area (Å²) in [7, 11) is -2.87. The summed E-state index contributed by atoms with van der Waals surface area (Å²) in [6.45, 7) is 0. The second-order valence-corrected chi connectivity index (χ2v) is 7.92. The molecule has 2 heterocycles. The highest BCUT2D eigenvalue weighted by atomic mass is 32.2. The van der Waals surface area contributed by atoms with Crippen molar-refractivity contribution >= 4 is 44.1 Å². The zero-order valence-electron chi connectivity index (χ0n) is 12.6. The number of anilines is 1. The lowest BCUT2D eigenvalue weighted by Crippen LogP contribution is -2.37. The molecule has 3 N–H and O–H groups in total. The number of fused-ring (bicyclic) bond motifs is 1. The predicted octanol–water partition coefficient (Wildman–Crippen LogP) is 1.34. The number of aliphatic hydroxyl groups is 1. The molecule has 0 bridgehead atoms. The first-order chi connectivity index (χ1) is 11.7. The van der Waals surface area contributed by atoms with E-state index in [0.717, 1.165) is 13.2 Å². The fraction of sp³-hybridized carbons (Fsp3) is 0.0714. The van der Waals surface area contributed by atoms with Gasteiger partial charge >= 0.3 is 5.97 Å². The number of carboxylic acid groups (broad SMARTS) is 1. The van der Waals surface area contributed by atoms with Crippen molar-refractivity contribution in [1.82, 2.24) is 9.29 Å². The highest BCUT2D eigenvalue weighted by molar-refractivity contribution is 7.89. The maximum absolute atomic E-state index is 12.5. The number of aromatic nitrogens is 1. The molecule has 130 valence electrons. The lowest BCUT2D eigenvalue weighted by molar-refractivity contribution is -0.113. The SMILES string of the molecule is CN1C(C(=O)Nc2ncc(C(=O)O)s2)=C(O)c2ccccc2S1(=O)=O. The van der Waals surface area contributed by atoms with Crippen molar-refractivity contribution in [2.24, 2.45) is 0 Å². The Balaban J connectivity index is 2.03. The highest BCUT2D eigenvalue weighted by Crippen LogP contribution is 2.34. The molecule has 0 unspecified atom stereocenters. The van der Waals surface area contributed by atoms with E-state index in [9.17, 15) is 23.1 Å². The Hall–Kier alpha value is -2.92. The average Bonchev–Trinajstić information content (AvgIpc) is 3.02. The number of thiazole rings is 1. The van der Waals surface area contributed by atoms with E-state index in [-0.39, 0.29) is 20.5 Å². The molecular formula is C14H11N3O6S2. The largest absolute Gasteiger partial charge is 0.505 e. The maximum Gasteiger partial charge on any atom is 0.347 e. The van der Waals surface area contributed by atoms with Crippen LogP contribution in [-0.4, -0.2) is 46.8 Å². The Morgan fingerprint density at radius 1 is 1.28 bits per heavy atom. The molecule has 1 aromatic carbocycles. The quantitative estimate of drug-likeness (QED) is 0.729. The highest BCUT2D eigenvalue weighted by Gasteiger charge is 2.37. The minimum absolute atomic E-state index is 0.0103. The molecule has 0 spiro atoms. The van der Waals surface area contributed by atoms with Gasteiger partial charge in [0.1, 0.15) is 4.88 Å². The van der Waals surface area contributed by atoms with E-state index in [4.69, 9.17) is 5.11 Å². The molecule has 0 fully saturated rings. The number of hydrogen-bond acceptors (Lipinski definition) is 7. The van der Waals surface area contributed by atoms with Crippen LogP contribution in [0.5, 0.6) is 0 Å². The van der Waals surface area contributed by atoms with Crippen molar-refractivity contribution in [3.63, 3.8) is 0 Å². The number of hydrogen-bond donors (Lipinski definition) is 3. The summed E-state index contributed by atoms with van der Waals surface area (Å²) in [5.74, 6) is -2.63. The van der Waals surface area contributed by atoms with Gasteiger partial charge in [-0.1, -0.05) is 23.5 Å². The summed E-state index contributed by atoms with van der Waals surface area (Å²) in [4.78, 5) is 26.8. The van der Waals surface area contributed by atoms with E-state index in [0.29, 0.717) is 15.6 Å². The zero-order chi connectivity index (χ0) is 18.4. The molecule has 3 rings (SSSR count). The Bertz CT molecular complexity index is 1020. The molecule has 0 atom stereocenters. The van der Waals surface area contributed by atoms with Gasteiger partial charge in [0.05, 0.1) is 11.1 Å². The van der Waals surface area contributed by atoms with Crippen LogP contribution < -0.4 is 5.32 Å². The topological polar surface area (TPSA) is 137 Å². The fourth-order valence-corrected chi connectivity index (χ4v) is 4.32. The Labute approximate surface area is 145 Å². The van der Waals surface area contributed by atoms with Gasteiger partial charge in [-0.25, -0.2) is 18.2 Å². The molecule has 2 aromatic rings. The van der Waals surface area contributed by atoms with Crippen LogP contribution in [-0.2, 0) is 14.8 Å². The monoisotopic (exact) mass is 381 g/mol. The van der Waals surface area contributed by atoms with E-state index < -0.39 is 33.4 Å². The van der Waals surface area contributed by atoms with Crippen molar-refractivity contribution in [3.8, 4) is 0 Å². The van der Waals surface area contributed by atoms with Crippen molar-refractivity contribution in [2.45, 2.75) is 4.90 Å². The summed E-state index contributed by atoms with van der Waals surface area (Å²) < 4.78 is 25.7. The first kappa shape index (κ1) is 16.9. The number of aromatic carboxylic acids is 1. The molecule has 11 heteroatoms. The predicted molar refractivity (Wildman–Crippen MR) is 88.6 cm³/mol. The summed E-state index contributed by atoms with van der Waals surface area (Å²) >= 11 is 0.706. The van der Waals surface area contributed by atoms with Gasteiger partial charge in [-0.2, -0.15) is 0 Å². The number of rotatable bonds is 3. The Morgan fingerprint density at radius 2 is 1.96 bits per heavy atom. The van der Waals surface area contributed by atoms with E-state index in [2.05, 4.69) is 10.3 Å². The molecule has 0 saturated carbocycles. The molecule has 0 aliphatic carbocycles. The lowest BCUT2D eigenvalue weighted by Gasteiger charge is -2.28. The number of nitrogens with one attached hydrogen (secondary N) is 1. The number of amides is 1. The van der Waals surface area contributed by atoms with Gasteiger partial charge in [0.25, 0.3) is 15.9 Å². The van der Waals surface area contributed by atoms with Crippen LogP contribution >= 0.6 is 11.3 Å². The molecule has 1 aliphatic heterocycles. The fourth-order valence-electron chi connectivity index (χ4n) is 2.27. The van der Waals surface area contributed by atoms with Crippen LogP contribution in [0.3, 0.4) is 0 Å². The first-order valence-corrected chi connectivity index (χ1v) is 9.01. The third-order valence-electron chi connectivity index (χ3n) is 3.47. The summed E-state index contributed by atoms with van der Waals surface area (Å²) in [5.41, 5.74) is -0.470. The molecule has 25 heavy (non-hydrogen) atoms. The van der Waals surface area contributed by atoms with Gasteiger partial charge in [0.15, 0.2) is 16.6 Å². The van der Waals surface area contributed by atoms with Gasteiger partial charge in [0.2, 0.25) is 0 Å². The Morgan fingerprint density at radius 3 is 2.60 bits per heavy atom. The number of benzene rings is 1. The summed E-state index contributed by atoms with van der Waals surface area (Å²) in [6.07, 6.45) is 1.06. The third-order valence-corrected chi connectivity index (χ3v) is 6.19. The van der Waals surface area contributed by atoms with Gasteiger partial charge < -0.3 is 10.2 Å². The molecule has 1 aromatic heterocycles. The molecule has 0 saturated heterocycles. The average molecular weight is 381 g/mol. The van der Waals surface area contributed by atoms with Crippen LogP contribution in [0.15, 0.2) is 41.1 Å². The van der Waals surface area contributed by atoms with Crippen molar-refractivity contribution in [1.29, 1.82) is 0 Å². The summed E-state index contributed by atoms with van der Waals surface area (Å²) in [5, 5.41) is 21.5. The van der Waals surface area contributed by atoms with Crippen LogP contribution in [0.2, 0.25) is 0 Å². The van der Waals surface area contributed by atoms with E-state index in [1.807, 2.05) is 0 Å². The standard InChI is InChI=1S/C14H11N3O6S2/c1-17-10(12(19)16-14-15-6-8(24-14)13(20)21)11(18)7-4-2-3-5-9(7)25(17,22)23/h2-6,18H,1H3,(H,20,21)(H,15,16,19). The maximum atomic E-state index is 12.5. The van der Waals surface area contributed by atoms with Crippen LogP contribution in [0, 0.1) is 0 Å². The van der Waals surface area contributed by atoms with Gasteiger partial charge in [-0.3, -0.25) is 14.4 Å². The number of nitrogens with zero attached hydrogens (tertiary/aromatic N) is 2. The minimum atomic E-state index is -4.00. The van der Waals surface area contributed by atoms with E-state index in [1.165, 1.54) is 24.3 Å². The molecular weight excluding hydrogens is 370 g/mol. The van der Waals surface area contributed by atoms with Gasteiger partial charge in [-0.15, -0.1) is 0 Å². The van der Waals surface area contributed by atoms with E-state index >= 15 is 0 Å². The molecule has 0 radical (unpaired) electrons. The smallest absolute Gasteiger partial charge is 0.347 e. The molecule has 9 nitrogen and oxygen atoms in total. The van der Waals surface area contributed by atoms with Crippen molar-refractivity contribution in [2.75, 3.05) is 12.4 Å². The summed E-state index contributed by atoms with van der Waals surface area (Å²) in [6, 6.07) is 5.75. The number of sulfonamides is 1. The third kappa shape index (κ3) is 2.72.